The molecule has 1 unspecified atom stereocenters. The first-order valence-electron chi connectivity index (χ1n) is 5.14. The quantitative estimate of drug-likeness (QED) is 0.839. The predicted octanol–water partition coefficient (Wildman–Crippen LogP) is 2.97. The summed E-state index contributed by atoms with van der Waals surface area (Å²) in [5, 5.41) is 3.38. The van der Waals surface area contributed by atoms with Gasteiger partial charge in [-0.15, -0.1) is 0 Å². The smallest absolute Gasteiger partial charge is 0.220 e. The zero-order valence-electron chi connectivity index (χ0n) is 9.09. The molecule has 1 N–H and O–H groups in total. The molecule has 1 amide bonds. The fraction of sp³-hybridized carbons (Fsp3) is 0.417. The Morgan fingerprint density at radius 2 is 2.13 bits per heavy atom. The fourth-order valence-corrected chi connectivity index (χ4v) is 1.90. The van der Waals surface area contributed by atoms with Crippen LogP contribution in [0.4, 0.5) is 0 Å². The second-order valence-electron chi connectivity index (χ2n) is 3.50. The largest absolute Gasteiger partial charge is 0.359 e. The van der Waals surface area contributed by atoms with E-state index in [1.54, 1.807) is 7.05 Å². The lowest BCUT2D eigenvalue weighted by Gasteiger charge is -2.15. The number of carbonyl (C=O) groups excluding carboxylic acids is 1. The van der Waals surface area contributed by atoms with Crippen LogP contribution in [0.5, 0.6) is 0 Å². The van der Waals surface area contributed by atoms with Gasteiger partial charge >= 0.3 is 0 Å². The topological polar surface area (TPSA) is 29.1 Å². The second-order valence-corrected chi connectivity index (χ2v) is 3.91. The molecule has 0 aromatic heterocycles. The van der Waals surface area contributed by atoms with Crippen LogP contribution in [0, 0.1) is 0 Å². The van der Waals surface area contributed by atoms with E-state index < -0.39 is 0 Å². The van der Waals surface area contributed by atoms with E-state index in [1.807, 2.05) is 24.3 Å². The highest BCUT2D eigenvalue weighted by Gasteiger charge is 2.15. The minimum absolute atomic E-state index is 0.0572. The van der Waals surface area contributed by atoms with Crippen LogP contribution in [-0.4, -0.2) is 13.0 Å². The van der Waals surface area contributed by atoms with Crippen molar-refractivity contribution < 1.29 is 4.79 Å². The van der Waals surface area contributed by atoms with Crippen LogP contribution < -0.4 is 5.32 Å². The van der Waals surface area contributed by atoms with Crippen molar-refractivity contribution in [1.29, 1.82) is 0 Å². The minimum atomic E-state index is 0.0572. The van der Waals surface area contributed by atoms with Gasteiger partial charge in [-0.05, 0) is 24.0 Å². The number of benzene rings is 1. The van der Waals surface area contributed by atoms with Gasteiger partial charge in [0.1, 0.15) is 0 Å². The maximum Gasteiger partial charge on any atom is 0.220 e. The molecule has 1 aromatic rings. The first kappa shape index (κ1) is 12.1. The van der Waals surface area contributed by atoms with E-state index >= 15 is 0 Å². The van der Waals surface area contributed by atoms with Crippen LogP contribution in [0.1, 0.15) is 31.2 Å². The van der Waals surface area contributed by atoms with Gasteiger partial charge in [0.25, 0.3) is 0 Å². The van der Waals surface area contributed by atoms with Crippen LogP contribution in [0.2, 0.25) is 5.02 Å². The van der Waals surface area contributed by atoms with E-state index in [4.69, 9.17) is 11.6 Å². The molecule has 0 aliphatic heterocycles. The third-order valence-corrected chi connectivity index (χ3v) is 2.89. The second kappa shape index (κ2) is 5.76. The van der Waals surface area contributed by atoms with Crippen molar-refractivity contribution in [3.8, 4) is 0 Å². The Hall–Kier alpha value is -1.02. The number of amides is 1. The monoisotopic (exact) mass is 225 g/mol. The van der Waals surface area contributed by atoms with E-state index in [0.29, 0.717) is 6.42 Å². The van der Waals surface area contributed by atoms with Crippen molar-refractivity contribution in [1.82, 2.24) is 5.32 Å². The maximum absolute atomic E-state index is 11.3. The molecule has 0 aliphatic carbocycles. The summed E-state index contributed by atoms with van der Waals surface area (Å²) in [4.78, 5) is 11.3. The lowest BCUT2D eigenvalue weighted by atomic mass is 9.93. The molecule has 0 heterocycles. The SMILES string of the molecule is CCC(CC(=O)NC)c1ccccc1Cl. The van der Waals surface area contributed by atoms with Gasteiger partial charge in [0.2, 0.25) is 5.91 Å². The normalized spacial score (nSPS) is 12.2. The Morgan fingerprint density at radius 3 is 2.67 bits per heavy atom. The van der Waals surface area contributed by atoms with E-state index in [0.717, 1.165) is 17.0 Å². The molecule has 0 radical (unpaired) electrons. The van der Waals surface area contributed by atoms with Gasteiger partial charge in [-0.2, -0.15) is 0 Å². The molecule has 0 saturated heterocycles. The van der Waals surface area contributed by atoms with E-state index in [2.05, 4.69) is 12.2 Å². The number of hydrogen-bond acceptors (Lipinski definition) is 1. The zero-order chi connectivity index (χ0) is 11.3. The molecular weight excluding hydrogens is 210 g/mol. The van der Waals surface area contributed by atoms with Crippen molar-refractivity contribution >= 4 is 17.5 Å². The van der Waals surface area contributed by atoms with Gasteiger partial charge in [0, 0.05) is 18.5 Å². The summed E-state index contributed by atoms with van der Waals surface area (Å²) in [5.41, 5.74) is 1.06. The van der Waals surface area contributed by atoms with Crippen LogP contribution in [-0.2, 0) is 4.79 Å². The highest BCUT2D eigenvalue weighted by Crippen LogP contribution is 2.29. The first-order chi connectivity index (χ1) is 7.19. The Bertz CT molecular complexity index is 338. The maximum atomic E-state index is 11.3. The summed E-state index contributed by atoms with van der Waals surface area (Å²) >= 11 is 6.09. The summed E-state index contributed by atoms with van der Waals surface area (Å²) in [6.07, 6.45) is 1.41. The minimum Gasteiger partial charge on any atom is -0.359 e. The molecule has 1 atom stereocenters. The molecule has 0 fully saturated rings. The molecule has 3 heteroatoms. The summed E-state index contributed by atoms with van der Waals surface area (Å²) in [5.74, 6) is 0.264. The number of nitrogens with one attached hydrogen (secondary N) is 1. The standard InChI is InChI=1S/C12H16ClNO/c1-3-9(8-12(15)14-2)10-6-4-5-7-11(10)13/h4-7,9H,3,8H2,1-2H3,(H,14,15). The summed E-state index contributed by atoms with van der Waals surface area (Å²) in [6.45, 7) is 2.07. The molecule has 0 bridgehead atoms. The molecule has 82 valence electrons. The van der Waals surface area contributed by atoms with E-state index in [-0.39, 0.29) is 11.8 Å². The Balaban J connectivity index is 2.83. The first-order valence-corrected chi connectivity index (χ1v) is 5.51. The Morgan fingerprint density at radius 1 is 1.47 bits per heavy atom. The lowest BCUT2D eigenvalue weighted by Crippen LogP contribution is -2.20. The lowest BCUT2D eigenvalue weighted by molar-refractivity contribution is -0.121. The van der Waals surface area contributed by atoms with Gasteiger partial charge in [0.05, 0.1) is 0 Å². The molecule has 0 spiro atoms. The number of rotatable bonds is 4. The van der Waals surface area contributed by atoms with Crippen molar-refractivity contribution in [3.05, 3.63) is 34.9 Å². The van der Waals surface area contributed by atoms with Crippen molar-refractivity contribution in [3.63, 3.8) is 0 Å². The average Bonchev–Trinajstić information content (AvgIpc) is 2.26. The van der Waals surface area contributed by atoms with Gasteiger partial charge in [-0.3, -0.25) is 4.79 Å². The molecule has 2 nitrogen and oxygen atoms in total. The highest BCUT2D eigenvalue weighted by atomic mass is 35.5. The number of hydrogen-bond donors (Lipinski definition) is 1. The van der Waals surface area contributed by atoms with Gasteiger partial charge in [-0.25, -0.2) is 0 Å². The third-order valence-electron chi connectivity index (χ3n) is 2.55. The van der Waals surface area contributed by atoms with Crippen molar-refractivity contribution in [2.45, 2.75) is 25.7 Å². The Labute approximate surface area is 95.6 Å². The predicted molar refractivity (Wildman–Crippen MR) is 63.2 cm³/mol. The van der Waals surface area contributed by atoms with Gasteiger partial charge in [0.15, 0.2) is 0 Å². The Kier molecular flexibility index (Phi) is 4.63. The number of halogens is 1. The number of carbonyl (C=O) groups is 1. The molecular formula is C12H16ClNO. The molecule has 15 heavy (non-hydrogen) atoms. The average molecular weight is 226 g/mol. The van der Waals surface area contributed by atoms with E-state index in [9.17, 15) is 4.79 Å². The molecule has 1 aromatic carbocycles. The van der Waals surface area contributed by atoms with Crippen LogP contribution in [0.3, 0.4) is 0 Å². The highest BCUT2D eigenvalue weighted by molar-refractivity contribution is 6.31. The molecule has 0 aliphatic rings. The van der Waals surface area contributed by atoms with Gasteiger partial charge in [-0.1, -0.05) is 36.7 Å². The third kappa shape index (κ3) is 3.24. The van der Waals surface area contributed by atoms with Crippen LogP contribution >= 0.6 is 11.6 Å². The zero-order valence-corrected chi connectivity index (χ0v) is 9.84. The molecule has 0 saturated carbocycles. The molecule has 1 rings (SSSR count). The van der Waals surface area contributed by atoms with Crippen molar-refractivity contribution in [2.24, 2.45) is 0 Å². The summed E-state index contributed by atoms with van der Waals surface area (Å²) in [7, 11) is 1.65. The summed E-state index contributed by atoms with van der Waals surface area (Å²) < 4.78 is 0. The van der Waals surface area contributed by atoms with Crippen LogP contribution in [0.15, 0.2) is 24.3 Å². The van der Waals surface area contributed by atoms with Gasteiger partial charge < -0.3 is 5.32 Å². The van der Waals surface area contributed by atoms with Crippen molar-refractivity contribution in [2.75, 3.05) is 7.05 Å². The van der Waals surface area contributed by atoms with E-state index in [1.165, 1.54) is 0 Å². The fourth-order valence-electron chi connectivity index (χ4n) is 1.61. The summed E-state index contributed by atoms with van der Waals surface area (Å²) in [6, 6.07) is 7.70. The van der Waals surface area contributed by atoms with Crippen LogP contribution in [0.25, 0.3) is 0 Å².